The second-order valence-electron chi connectivity index (χ2n) is 5.60. The average molecular weight is 344 g/mol. The number of halogens is 4. The first-order valence-corrected chi connectivity index (χ1v) is 7.23. The Morgan fingerprint density at radius 2 is 1.91 bits per heavy atom. The number of nitrogens with zero attached hydrogens (tertiary/aromatic N) is 1. The summed E-state index contributed by atoms with van der Waals surface area (Å²) in [7, 11) is 0. The molecule has 0 aromatic rings. The third kappa shape index (κ3) is 5.31. The molecule has 1 unspecified atom stereocenters. The molecule has 22 heavy (non-hydrogen) atoms. The zero-order chi connectivity index (χ0) is 15.5. The molecule has 128 valence electrons. The predicted octanol–water partition coefficient (Wildman–Crippen LogP) is 1.08. The molecule has 0 saturated carbocycles. The lowest BCUT2D eigenvalue weighted by Gasteiger charge is -2.34. The van der Waals surface area contributed by atoms with Crippen LogP contribution in [0.25, 0.3) is 0 Å². The van der Waals surface area contributed by atoms with Crippen molar-refractivity contribution >= 4 is 24.2 Å². The monoisotopic (exact) mass is 343 g/mol. The number of carbonyl (C=O) groups is 2. The highest BCUT2D eigenvalue weighted by Crippen LogP contribution is 2.21. The van der Waals surface area contributed by atoms with Crippen LogP contribution in [0.1, 0.15) is 25.7 Å². The van der Waals surface area contributed by atoms with Gasteiger partial charge in [0.15, 0.2) is 0 Å². The van der Waals surface area contributed by atoms with E-state index in [2.05, 4.69) is 10.6 Å². The summed E-state index contributed by atoms with van der Waals surface area (Å²) in [6.45, 7) is 0.345. The number of carbonyl (C=O) groups excluding carboxylic acids is 2. The summed E-state index contributed by atoms with van der Waals surface area (Å²) in [4.78, 5) is 24.9. The van der Waals surface area contributed by atoms with Crippen molar-refractivity contribution in [3.8, 4) is 0 Å². The first-order chi connectivity index (χ1) is 9.87. The Labute approximate surface area is 133 Å². The Bertz CT molecular complexity index is 400. The van der Waals surface area contributed by atoms with Crippen molar-refractivity contribution in [3.63, 3.8) is 0 Å². The fourth-order valence-corrected chi connectivity index (χ4v) is 2.82. The van der Waals surface area contributed by atoms with Gasteiger partial charge in [0.05, 0.1) is 0 Å². The highest BCUT2D eigenvalue weighted by atomic mass is 35.5. The third-order valence-corrected chi connectivity index (χ3v) is 3.93. The molecule has 0 bridgehead atoms. The van der Waals surface area contributed by atoms with Crippen molar-refractivity contribution in [3.05, 3.63) is 0 Å². The Morgan fingerprint density at radius 3 is 2.50 bits per heavy atom. The van der Waals surface area contributed by atoms with Crippen molar-refractivity contribution in [2.75, 3.05) is 26.2 Å². The molecule has 0 spiro atoms. The van der Waals surface area contributed by atoms with Crippen LogP contribution >= 0.6 is 12.4 Å². The van der Waals surface area contributed by atoms with Crippen LogP contribution in [0, 0.1) is 5.92 Å². The second kappa shape index (κ2) is 8.01. The maximum Gasteiger partial charge on any atom is 0.406 e. The average Bonchev–Trinajstić information content (AvgIpc) is 2.43. The van der Waals surface area contributed by atoms with Gasteiger partial charge in [-0.05, 0) is 38.8 Å². The lowest BCUT2D eigenvalue weighted by molar-refractivity contribution is -0.165. The van der Waals surface area contributed by atoms with Gasteiger partial charge < -0.3 is 15.5 Å². The lowest BCUT2D eigenvalue weighted by atomic mass is 9.96. The molecule has 2 aliphatic rings. The van der Waals surface area contributed by atoms with Gasteiger partial charge in [0.2, 0.25) is 11.8 Å². The molecule has 5 nitrogen and oxygen atoms in total. The molecule has 2 heterocycles. The molecule has 0 aromatic heterocycles. The summed E-state index contributed by atoms with van der Waals surface area (Å²) in [6, 6.07) is -0.816. The van der Waals surface area contributed by atoms with Crippen molar-refractivity contribution in [1.29, 1.82) is 0 Å². The number of hydrogen-bond acceptors (Lipinski definition) is 3. The van der Waals surface area contributed by atoms with Gasteiger partial charge in [-0.1, -0.05) is 0 Å². The molecule has 0 radical (unpaired) electrons. The fraction of sp³-hybridized carbons (Fsp3) is 0.846. The topological polar surface area (TPSA) is 61.4 Å². The quantitative estimate of drug-likeness (QED) is 0.806. The van der Waals surface area contributed by atoms with Gasteiger partial charge >= 0.3 is 6.18 Å². The molecule has 2 aliphatic heterocycles. The second-order valence-corrected chi connectivity index (χ2v) is 5.60. The van der Waals surface area contributed by atoms with Crippen molar-refractivity contribution in [1.82, 2.24) is 15.5 Å². The molecular formula is C13H21ClF3N3O2. The van der Waals surface area contributed by atoms with Crippen LogP contribution in [-0.2, 0) is 9.59 Å². The van der Waals surface area contributed by atoms with Crippen molar-refractivity contribution < 1.29 is 22.8 Å². The minimum absolute atomic E-state index is 0. The van der Waals surface area contributed by atoms with Crippen molar-refractivity contribution in [2.45, 2.75) is 37.9 Å². The molecule has 0 aromatic carbocycles. The van der Waals surface area contributed by atoms with E-state index >= 15 is 0 Å². The van der Waals surface area contributed by atoms with E-state index in [0.717, 1.165) is 18.0 Å². The molecule has 9 heteroatoms. The number of amides is 2. The van der Waals surface area contributed by atoms with Crippen molar-refractivity contribution in [2.24, 2.45) is 5.92 Å². The number of rotatable bonds is 3. The Hall–Kier alpha value is -1.02. The first kappa shape index (κ1) is 19.0. The Morgan fingerprint density at radius 1 is 1.27 bits per heavy atom. The van der Waals surface area contributed by atoms with Crippen LogP contribution in [0.3, 0.4) is 0 Å². The number of likely N-dealkylation sites (tertiary alicyclic amines) is 1. The molecule has 2 saturated heterocycles. The summed E-state index contributed by atoms with van der Waals surface area (Å²) in [5, 5.41) is 5.76. The third-order valence-electron chi connectivity index (χ3n) is 3.93. The van der Waals surface area contributed by atoms with E-state index in [4.69, 9.17) is 0 Å². The minimum Gasteiger partial charge on any atom is -0.344 e. The van der Waals surface area contributed by atoms with E-state index < -0.39 is 24.7 Å². The van der Waals surface area contributed by atoms with E-state index in [-0.39, 0.29) is 30.8 Å². The molecule has 2 fully saturated rings. The number of piperidine rings is 2. The summed E-state index contributed by atoms with van der Waals surface area (Å²) < 4.78 is 37.2. The minimum atomic E-state index is -4.41. The van der Waals surface area contributed by atoms with Crippen LogP contribution in [0.4, 0.5) is 13.2 Å². The number of hydrogen-bond donors (Lipinski definition) is 2. The maximum absolute atomic E-state index is 12.4. The van der Waals surface area contributed by atoms with Gasteiger partial charge in [-0.15, -0.1) is 12.4 Å². The van der Waals surface area contributed by atoms with Crippen LogP contribution < -0.4 is 10.6 Å². The summed E-state index contributed by atoms with van der Waals surface area (Å²) in [5.41, 5.74) is 0. The molecule has 2 N–H and O–H groups in total. The van der Waals surface area contributed by atoms with Gasteiger partial charge in [-0.2, -0.15) is 13.2 Å². The van der Waals surface area contributed by atoms with Gasteiger partial charge in [-0.3, -0.25) is 9.59 Å². The number of nitrogens with one attached hydrogen (secondary N) is 2. The van der Waals surface area contributed by atoms with E-state index in [1.165, 1.54) is 0 Å². The normalized spacial score (nSPS) is 23.9. The predicted molar refractivity (Wildman–Crippen MR) is 76.6 cm³/mol. The molecule has 2 rings (SSSR count). The van der Waals surface area contributed by atoms with Crippen LogP contribution in [0.2, 0.25) is 0 Å². The fourth-order valence-electron chi connectivity index (χ4n) is 2.82. The van der Waals surface area contributed by atoms with E-state index in [9.17, 15) is 22.8 Å². The van der Waals surface area contributed by atoms with Gasteiger partial charge in [0, 0.05) is 12.5 Å². The number of alkyl halides is 3. The smallest absolute Gasteiger partial charge is 0.344 e. The largest absolute Gasteiger partial charge is 0.406 e. The van der Waals surface area contributed by atoms with E-state index in [1.54, 1.807) is 0 Å². The molecule has 2 amide bonds. The molecular weight excluding hydrogens is 323 g/mol. The SMILES string of the molecule is Cl.O=C(NC1CCCN(CC(F)(F)F)C1=O)C1CCNCC1. The van der Waals surface area contributed by atoms with E-state index in [1.807, 2.05) is 0 Å². The van der Waals surface area contributed by atoms with Gasteiger partial charge in [-0.25, -0.2) is 0 Å². The van der Waals surface area contributed by atoms with E-state index in [0.29, 0.717) is 25.7 Å². The lowest BCUT2D eigenvalue weighted by Crippen LogP contribution is -2.55. The zero-order valence-electron chi connectivity index (χ0n) is 12.1. The van der Waals surface area contributed by atoms with Crippen LogP contribution in [0.5, 0.6) is 0 Å². The van der Waals surface area contributed by atoms with Crippen LogP contribution in [-0.4, -0.2) is 55.1 Å². The maximum atomic E-state index is 12.4. The Balaban J connectivity index is 0.00000242. The Kier molecular flexibility index (Phi) is 6.93. The summed E-state index contributed by atoms with van der Waals surface area (Å²) >= 11 is 0. The molecule has 1 atom stereocenters. The first-order valence-electron chi connectivity index (χ1n) is 7.23. The highest BCUT2D eigenvalue weighted by Gasteiger charge is 2.38. The standard InChI is InChI=1S/C13H20F3N3O2.ClH/c14-13(15,16)8-19-7-1-2-10(12(19)21)18-11(20)9-3-5-17-6-4-9;/h9-10,17H,1-8H2,(H,18,20);1H. The summed E-state index contributed by atoms with van der Waals surface area (Å²) in [5.74, 6) is -0.999. The molecule has 0 aliphatic carbocycles. The summed E-state index contributed by atoms with van der Waals surface area (Å²) in [6.07, 6.45) is -2.14. The zero-order valence-corrected chi connectivity index (χ0v) is 12.9. The van der Waals surface area contributed by atoms with Gasteiger partial charge in [0.25, 0.3) is 0 Å². The van der Waals surface area contributed by atoms with Crippen LogP contribution in [0.15, 0.2) is 0 Å². The van der Waals surface area contributed by atoms with Gasteiger partial charge in [0.1, 0.15) is 12.6 Å². The highest BCUT2D eigenvalue weighted by molar-refractivity contribution is 5.89.